The molecule has 0 fully saturated rings. The molecule has 106 valence electrons. The molecule has 0 spiro atoms. The lowest BCUT2D eigenvalue weighted by Gasteiger charge is -2.08. The second-order valence-electron chi connectivity index (χ2n) is 4.30. The number of aryl methyl sites for hydroxylation is 1. The largest absolute Gasteiger partial charge is 0.481 e. The third kappa shape index (κ3) is 2.77. The number of aliphatic carboxylic acids is 1. The molecule has 0 bridgehead atoms. The van der Waals surface area contributed by atoms with Gasteiger partial charge in [0.15, 0.2) is 16.4 Å². The molecule has 2 aromatic rings. The van der Waals surface area contributed by atoms with E-state index in [2.05, 4.69) is 4.99 Å². The van der Waals surface area contributed by atoms with Crippen LogP contribution >= 0.6 is 11.3 Å². The first kappa shape index (κ1) is 14.4. The Labute approximate surface area is 117 Å². The average molecular weight is 298 g/mol. The van der Waals surface area contributed by atoms with E-state index in [-0.39, 0.29) is 5.56 Å². The fraction of sp³-hybridized carbons (Fsp3) is 0.231. The van der Waals surface area contributed by atoms with Gasteiger partial charge in [-0.05, 0) is 24.6 Å². The van der Waals surface area contributed by atoms with E-state index in [0.29, 0.717) is 4.80 Å². The molecular weight excluding hydrogens is 286 g/mol. The second-order valence-corrected chi connectivity index (χ2v) is 5.17. The maximum Gasteiger partial charge on any atom is 0.310 e. The molecule has 0 saturated carbocycles. The van der Waals surface area contributed by atoms with Crippen LogP contribution in [0.1, 0.15) is 18.4 Å². The highest BCUT2D eigenvalue weighted by Crippen LogP contribution is 2.27. The van der Waals surface area contributed by atoms with Crippen molar-refractivity contribution in [3.05, 3.63) is 45.7 Å². The Morgan fingerprint density at radius 2 is 2.00 bits per heavy atom. The monoisotopic (exact) mass is 298 g/mol. The summed E-state index contributed by atoms with van der Waals surface area (Å²) < 4.78 is 29.5. The molecule has 2 rings (SSSR count). The van der Waals surface area contributed by atoms with Crippen LogP contribution in [-0.2, 0) is 11.8 Å². The van der Waals surface area contributed by atoms with E-state index in [4.69, 9.17) is 5.11 Å². The summed E-state index contributed by atoms with van der Waals surface area (Å²) >= 11 is 1.25. The molecule has 0 aliphatic rings. The number of rotatable bonds is 3. The molecule has 7 heteroatoms. The Hall–Kier alpha value is -2.02. The number of aromatic nitrogens is 1. The van der Waals surface area contributed by atoms with Crippen LogP contribution in [0.2, 0.25) is 0 Å². The second kappa shape index (κ2) is 5.54. The topological polar surface area (TPSA) is 54.6 Å². The molecule has 20 heavy (non-hydrogen) atoms. The maximum absolute atomic E-state index is 13.9. The van der Waals surface area contributed by atoms with Gasteiger partial charge in [0.2, 0.25) is 0 Å². The minimum absolute atomic E-state index is 0.0713. The van der Waals surface area contributed by atoms with Crippen LogP contribution in [0.25, 0.3) is 0 Å². The molecule has 1 unspecified atom stereocenters. The zero-order chi connectivity index (χ0) is 14.9. The molecule has 1 aromatic carbocycles. The lowest BCUT2D eigenvalue weighted by atomic mass is 10.0. The third-order valence-electron chi connectivity index (χ3n) is 2.88. The van der Waals surface area contributed by atoms with Gasteiger partial charge in [0.05, 0.1) is 5.92 Å². The number of thiazole rings is 1. The van der Waals surface area contributed by atoms with Crippen molar-refractivity contribution in [2.75, 3.05) is 0 Å². The van der Waals surface area contributed by atoms with Crippen molar-refractivity contribution in [1.29, 1.82) is 0 Å². The third-order valence-corrected chi connectivity index (χ3v) is 3.72. The lowest BCUT2D eigenvalue weighted by Crippen LogP contribution is -2.10. The summed E-state index contributed by atoms with van der Waals surface area (Å²) in [6.45, 7) is 1.37. The highest BCUT2D eigenvalue weighted by molar-refractivity contribution is 7.07. The summed E-state index contributed by atoms with van der Waals surface area (Å²) in [4.78, 5) is 15.2. The zero-order valence-electron chi connectivity index (χ0n) is 10.8. The van der Waals surface area contributed by atoms with Gasteiger partial charge in [0.25, 0.3) is 0 Å². The molecule has 1 heterocycles. The van der Waals surface area contributed by atoms with Crippen LogP contribution in [0.15, 0.2) is 28.7 Å². The van der Waals surface area contributed by atoms with Crippen molar-refractivity contribution in [3.8, 4) is 0 Å². The molecule has 1 N–H and O–H groups in total. The van der Waals surface area contributed by atoms with Gasteiger partial charge in [-0.2, -0.15) is 0 Å². The molecule has 0 saturated heterocycles. The molecule has 4 nitrogen and oxygen atoms in total. The Balaban J connectivity index is 2.53. The zero-order valence-corrected chi connectivity index (χ0v) is 11.6. The van der Waals surface area contributed by atoms with Gasteiger partial charge >= 0.3 is 5.97 Å². The van der Waals surface area contributed by atoms with Gasteiger partial charge in [-0.25, -0.2) is 13.8 Å². The SMILES string of the molecule is CC(C(=O)O)c1cc(F)c(N=c2sccn2C)c(F)c1. The van der Waals surface area contributed by atoms with E-state index >= 15 is 0 Å². The number of nitrogens with zero attached hydrogens (tertiary/aromatic N) is 2. The van der Waals surface area contributed by atoms with Crippen molar-refractivity contribution < 1.29 is 18.7 Å². The summed E-state index contributed by atoms with van der Waals surface area (Å²) in [7, 11) is 1.71. The number of carboxylic acids is 1. The summed E-state index contributed by atoms with van der Waals surface area (Å²) in [5, 5.41) is 10.6. The standard InChI is InChI=1S/C13H12F2N2O2S/c1-7(12(18)19)8-5-9(14)11(10(15)6-8)16-13-17(2)3-4-20-13/h3-7H,1-2H3,(H,18,19). The number of carbonyl (C=O) groups is 1. The van der Waals surface area contributed by atoms with Crippen molar-refractivity contribution in [2.45, 2.75) is 12.8 Å². The van der Waals surface area contributed by atoms with Crippen LogP contribution in [0.4, 0.5) is 14.5 Å². The van der Waals surface area contributed by atoms with E-state index < -0.39 is 29.2 Å². The molecule has 1 atom stereocenters. The van der Waals surface area contributed by atoms with E-state index in [9.17, 15) is 13.6 Å². The quantitative estimate of drug-likeness (QED) is 0.947. The summed E-state index contributed by atoms with van der Waals surface area (Å²) in [5.74, 6) is -3.87. The van der Waals surface area contributed by atoms with Crippen LogP contribution in [0, 0.1) is 11.6 Å². The minimum atomic E-state index is -1.14. The van der Waals surface area contributed by atoms with Crippen molar-refractivity contribution in [1.82, 2.24) is 4.57 Å². The summed E-state index contributed by atoms with van der Waals surface area (Å²) in [6, 6.07) is 2.02. The van der Waals surface area contributed by atoms with Gasteiger partial charge in [-0.3, -0.25) is 4.79 Å². The number of hydrogen-bond acceptors (Lipinski definition) is 3. The molecule has 0 amide bonds. The van der Waals surface area contributed by atoms with Gasteiger partial charge < -0.3 is 9.67 Å². The highest BCUT2D eigenvalue weighted by Gasteiger charge is 2.18. The first-order valence-corrected chi connectivity index (χ1v) is 6.64. The van der Waals surface area contributed by atoms with E-state index in [0.717, 1.165) is 12.1 Å². The van der Waals surface area contributed by atoms with Crippen molar-refractivity contribution >= 4 is 23.0 Å². The average Bonchev–Trinajstić information content (AvgIpc) is 2.78. The van der Waals surface area contributed by atoms with E-state index in [1.807, 2.05) is 0 Å². The van der Waals surface area contributed by atoms with Gasteiger partial charge in [-0.1, -0.05) is 0 Å². The number of halogens is 2. The maximum atomic E-state index is 13.9. The molecule has 0 radical (unpaired) electrons. The van der Waals surface area contributed by atoms with E-state index in [1.54, 1.807) is 23.2 Å². The fourth-order valence-corrected chi connectivity index (χ4v) is 2.35. The normalized spacial score (nSPS) is 13.5. The van der Waals surface area contributed by atoms with Crippen LogP contribution in [0.3, 0.4) is 0 Å². The lowest BCUT2D eigenvalue weighted by molar-refractivity contribution is -0.138. The molecule has 0 aliphatic heterocycles. The Kier molecular flexibility index (Phi) is 3.99. The number of carboxylic acid groups (broad SMARTS) is 1. The Morgan fingerprint density at radius 3 is 2.45 bits per heavy atom. The molecular formula is C13H12F2N2O2S. The van der Waals surface area contributed by atoms with Crippen LogP contribution < -0.4 is 4.80 Å². The Bertz CT molecular complexity index is 698. The highest BCUT2D eigenvalue weighted by atomic mass is 32.1. The van der Waals surface area contributed by atoms with Gasteiger partial charge in [-0.15, -0.1) is 11.3 Å². The smallest absolute Gasteiger partial charge is 0.310 e. The van der Waals surface area contributed by atoms with Crippen LogP contribution in [0.5, 0.6) is 0 Å². The summed E-state index contributed by atoms with van der Waals surface area (Å²) in [5.41, 5.74) is -0.341. The predicted molar refractivity (Wildman–Crippen MR) is 70.9 cm³/mol. The van der Waals surface area contributed by atoms with Crippen molar-refractivity contribution in [3.63, 3.8) is 0 Å². The molecule has 0 aliphatic carbocycles. The van der Waals surface area contributed by atoms with Crippen LogP contribution in [-0.4, -0.2) is 15.6 Å². The number of hydrogen-bond donors (Lipinski definition) is 1. The van der Waals surface area contributed by atoms with E-state index in [1.165, 1.54) is 18.3 Å². The first-order chi connectivity index (χ1) is 9.40. The summed E-state index contributed by atoms with van der Waals surface area (Å²) in [6.07, 6.45) is 1.72. The first-order valence-electron chi connectivity index (χ1n) is 5.76. The van der Waals surface area contributed by atoms with Crippen molar-refractivity contribution in [2.24, 2.45) is 12.0 Å². The van der Waals surface area contributed by atoms with Gasteiger partial charge in [0, 0.05) is 18.6 Å². The van der Waals surface area contributed by atoms with Gasteiger partial charge in [0.1, 0.15) is 5.69 Å². The number of benzene rings is 1. The fourth-order valence-electron chi connectivity index (χ4n) is 1.61. The predicted octanol–water partition coefficient (Wildman–Crippen LogP) is 2.79. The Morgan fingerprint density at radius 1 is 1.40 bits per heavy atom. The minimum Gasteiger partial charge on any atom is -0.481 e. The molecule has 1 aromatic heterocycles.